The van der Waals surface area contributed by atoms with Crippen molar-refractivity contribution >= 4 is 11.6 Å². The van der Waals surface area contributed by atoms with E-state index in [2.05, 4.69) is 35.2 Å². The quantitative estimate of drug-likeness (QED) is 0.686. The summed E-state index contributed by atoms with van der Waals surface area (Å²) in [6, 6.07) is 11.9. The molecule has 0 unspecified atom stereocenters. The SMILES string of the molecule is Cc1ccc(C(=O)Nc2cccc([C@@H](C)Cc3nccn3C)c2)nc1C1CC1. The minimum absolute atomic E-state index is 0.157. The third-order valence-electron chi connectivity index (χ3n) is 5.46. The van der Waals surface area contributed by atoms with Crippen LogP contribution in [0.15, 0.2) is 48.8 Å². The number of nitrogens with zero attached hydrogens (tertiary/aromatic N) is 3. The highest BCUT2D eigenvalue weighted by atomic mass is 16.1. The molecule has 0 radical (unpaired) electrons. The van der Waals surface area contributed by atoms with Crippen LogP contribution in [0, 0.1) is 6.92 Å². The van der Waals surface area contributed by atoms with E-state index in [4.69, 9.17) is 0 Å². The number of hydrogen-bond acceptors (Lipinski definition) is 3. The normalized spacial score (nSPS) is 14.7. The molecular weight excluding hydrogens is 348 g/mol. The molecule has 5 heteroatoms. The largest absolute Gasteiger partial charge is 0.338 e. The Hall–Kier alpha value is -2.95. The van der Waals surface area contributed by atoms with Crippen LogP contribution in [0.4, 0.5) is 5.69 Å². The van der Waals surface area contributed by atoms with Crippen molar-refractivity contribution in [1.29, 1.82) is 0 Å². The number of aryl methyl sites for hydroxylation is 2. The number of amides is 1. The Labute approximate surface area is 165 Å². The molecule has 3 aromatic rings. The lowest BCUT2D eigenvalue weighted by molar-refractivity contribution is 0.102. The Morgan fingerprint density at radius 3 is 2.82 bits per heavy atom. The van der Waals surface area contributed by atoms with Gasteiger partial charge in [-0.1, -0.05) is 25.1 Å². The molecule has 28 heavy (non-hydrogen) atoms. The minimum Gasteiger partial charge on any atom is -0.338 e. The molecule has 1 aromatic carbocycles. The van der Waals surface area contributed by atoms with Crippen LogP contribution in [0.5, 0.6) is 0 Å². The zero-order valence-corrected chi connectivity index (χ0v) is 16.6. The van der Waals surface area contributed by atoms with Crippen LogP contribution < -0.4 is 5.32 Å². The molecule has 0 spiro atoms. The van der Waals surface area contributed by atoms with Gasteiger partial charge in [-0.3, -0.25) is 4.79 Å². The Morgan fingerprint density at radius 2 is 2.11 bits per heavy atom. The Morgan fingerprint density at radius 1 is 1.29 bits per heavy atom. The average Bonchev–Trinajstić information content (AvgIpc) is 3.45. The van der Waals surface area contributed by atoms with Crippen molar-refractivity contribution in [1.82, 2.24) is 14.5 Å². The van der Waals surface area contributed by atoms with Crippen molar-refractivity contribution in [3.63, 3.8) is 0 Å². The van der Waals surface area contributed by atoms with Crippen molar-refractivity contribution in [3.8, 4) is 0 Å². The first-order valence-corrected chi connectivity index (χ1v) is 9.86. The number of hydrogen-bond donors (Lipinski definition) is 1. The maximum atomic E-state index is 12.7. The molecule has 2 aromatic heterocycles. The third kappa shape index (κ3) is 3.98. The van der Waals surface area contributed by atoms with E-state index in [1.165, 1.54) is 24.0 Å². The van der Waals surface area contributed by atoms with Gasteiger partial charge in [-0.05, 0) is 55.0 Å². The van der Waals surface area contributed by atoms with Crippen LogP contribution in [-0.4, -0.2) is 20.4 Å². The van der Waals surface area contributed by atoms with Crippen LogP contribution in [0.3, 0.4) is 0 Å². The van der Waals surface area contributed by atoms with Gasteiger partial charge in [0.25, 0.3) is 5.91 Å². The number of nitrogens with one attached hydrogen (secondary N) is 1. The van der Waals surface area contributed by atoms with Gasteiger partial charge in [0.05, 0.1) is 0 Å². The standard InChI is InChI=1S/C23H26N4O/c1-15-7-10-20(26-22(15)17-8-9-17)23(28)25-19-6-4-5-18(14-19)16(2)13-21-24-11-12-27(21)3/h4-7,10-12,14,16-17H,8-9,13H2,1-3H3,(H,25,28)/t16-/m0/s1. The molecule has 144 valence electrons. The monoisotopic (exact) mass is 374 g/mol. The Bertz CT molecular complexity index is 1000. The highest BCUT2D eigenvalue weighted by molar-refractivity contribution is 6.03. The molecule has 1 fully saturated rings. The van der Waals surface area contributed by atoms with E-state index in [1.807, 2.05) is 54.3 Å². The predicted molar refractivity (Wildman–Crippen MR) is 111 cm³/mol. The van der Waals surface area contributed by atoms with Crippen molar-refractivity contribution in [2.45, 2.75) is 44.9 Å². The van der Waals surface area contributed by atoms with Crippen LogP contribution in [0.25, 0.3) is 0 Å². The zero-order valence-electron chi connectivity index (χ0n) is 16.6. The summed E-state index contributed by atoms with van der Waals surface area (Å²) in [7, 11) is 2.01. The molecule has 1 N–H and O–H groups in total. The molecule has 1 aliphatic carbocycles. The topological polar surface area (TPSA) is 59.8 Å². The number of imidazole rings is 1. The van der Waals surface area contributed by atoms with Gasteiger partial charge in [0.1, 0.15) is 11.5 Å². The van der Waals surface area contributed by atoms with Crippen molar-refractivity contribution in [2.24, 2.45) is 7.05 Å². The lowest BCUT2D eigenvalue weighted by atomic mass is 9.97. The molecule has 1 amide bonds. The summed E-state index contributed by atoms with van der Waals surface area (Å²) in [5, 5.41) is 3.01. The molecule has 0 aliphatic heterocycles. The lowest BCUT2D eigenvalue weighted by Gasteiger charge is -2.14. The number of aromatic nitrogens is 3. The molecular formula is C23H26N4O. The number of carbonyl (C=O) groups is 1. The van der Waals surface area contributed by atoms with Crippen LogP contribution in [-0.2, 0) is 13.5 Å². The molecule has 1 atom stereocenters. The molecule has 1 saturated carbocycles. The number of anilines is 1. The first kappa shape index (κ1) is 18.4. The smallest absolute Gasteiger partial charge is 0.274 e. The van der Waals surface area contributed by atoms with Gasteiger partial charge in [0.2, 0.25) is 0 Å². The lowest BCUT2D eigenvalue weighted by Crippen LogP contribution is -2.15. The summed E-state index contributed by atoms with van der Waals surface area (Å²) in [5.41, 5.74) is 4.70. The maximum Gasteiger partial charge on any atom is 0.274 e. The molecule has 2 heterocycles. The van der Waals surface area contributed by atoms with Gasteiger partial charge in [0, 0.05) is 43.2 Å². The Balaban J connectivity index is 1.48. The van der Waals surface area contributed by atoms with Crippen molar-refractivity contribution in [3.05, 3.63) is 77.1 Å². The number of rotatable bonds is 6. The van der Waals surface area contributed by atoms with E-state index >= 15 is 0 Å². The van der Waals surface area contributed by atoms with Gasteiger partial charge >= 0.3 is 0 Å². The van der Waals surface area contributed by atoms with Gasteiger partial charge in [0.15, 0.2) is 0 Å². The summed E-state index contributed by atoms with van der Waals surface area (Å²) in [5.74, 6) is 1.73. The summed E-state index contributed by atoms with van der Waals surface area (Å²) in [4.78, 5) is 21.8. The first-order chi connectivity index (χ1) is 13.5. The maximum absolute atomic E-state index is 12.7. The van der Waals surface area contributed by atoms with Gasteiger partial charge < -0.3 is 9.88 Å². The zero-order chi connectivity index (χ0) is 19.7. The number of carbonyl (C=O) groups excluding carboxylic acids is 1. The molecule has 1 aliphatic rings. The van der Waals surface area contributed by atoms with Crippen LogP contribution in [0.1, 0.15) is 64.7 Å². The van der Waals surface area contributed by atoms with Gasteiger partial charge in [-0.25, -0.2) is 9.97 Å². The summed E-state index contributed by atoms with van der Waals surface area (Å²) >= 11 is 0. The minimum atomic E-state index is -0.157. The number of benzene rings is 1. The van der Waals surface area contributed by atoms with E-state index < -0.39 is 0 Å². The fourth-order valence-electron chi connectivity index (χ4n) is 3.54. The van der Waals surface area contributed by atoms with Crippen LogP contribution in [0.2, 0.25) is 0 Å². The van der Waals surface area contributed by atoms with E-state index in [0.717, 1.165) is 23.6 Å². The average molecular weight is 374 g/mol. The van der Waals surface area contributed by atoms with E-state index in [1.54, 1.807) is 0 Å². The summed E-state index contributed by atoms with van der Waals surface area (Å²) in [6.07, 6.45) is 6.99. The highest BCUT2D eigenvalue weighted by Gasteiger charge is 2.27. The van der Waals surface area contributed by atoms with Gasteiger partial charge in [-0.15, -0.1) is 0 Å². The van der Waals surface area contributed by atoms with E-state index in [9.17, 15) is 4.79 Å². The molecule has 5 nitrogen and oxygen atoms in total. The fraction of sp³-hybridized carbons (Fsp3) is 0.348. The molecule has 0 bridgehead atoms. The summed E-state index contributed by atoms with van der Waals surface area (Å²) in [6.45, 7) is 4.24. The third-order valence-corrected chi connectivity index (χ3v) is 5.46. The van der Waals surface area contributed by atoms with Gasteiger partial charge in [-0.2, -0.15) is 0 Å². The highest BCUT2D eigenvalue weighted by Crippen LogP contribution is 2.40. The Kier molecular flexibility index (Phi) is 4.99. The van der Waals surface area contributed by atoms with Crippen molar-refractivity contribution in [2.75, 3.05) is 5.32 Å². The fourth-order valence-corrected chi connectivity index (χ4v) is 3.54. The second-order valence-electron chi connectivity index (χ2n) is 7.81. The molecule has 4 rings (SSSR count). The van der Waals surface area contributed by atoms with E-state index in [-0.39, 0.29) is 5.91 Å². The first-order valence-electron chi connectivity index (χ1n) is 9.86. The number of pyridine rings is 1. The predicted octanol–water partition coefficient (Wildman–Crippen LogP) is 4.60. The van der Waals surface area contributed by atoms with E-state index in [0.29, 0.717) is 17.5 Å². The summed E-state index contributed by atoms with van der Waals surface area (Å²) < 4.78 is 2.04. The van der Waals surface area contributed by atoms with Crippen molar-refractivity contribution < 1.29 is 4.79 Å². The van der Waals surface area contributed by atoms with Crippen LogP contribution >= 0.6 is 0 Å². The molecule has 0 saturated heterocycles. The second kappa shape index (κ2) is 7.58. The second-order valence-corrected chi connectivity index (χ2v) is 7.81.